The maximum atomic E-state index is 11.5. The summed E-state index contributed by atoms with van der Waals surface area (Å²) in [6.45, 7) is 3.74. The molecule has 0 aliphatic carbocycles. The van der Waals surface area contributed by atoms with Gasteiger partial charge in [-0.15, -0.1) is 6.58 Å². The summed E-state index contributed by atoms with van der Waals surface area (Å²) in [5, 5.41) is 2.65. The fourth-order valence-electron chi connectivity index (χ4n) is 1.85. The van der Waals surface area contributed by atoms with Gasteiger partial charge in [0.1, 0.15) is 5.75 Å². The average molecular weight is 233 g/mol. The number of hydrogen-bond donors (Lipinski definition) is 1. The number of rotatable bonds is 6. The molecule has 0 saturated carbocycles. The molecular formula is C14H19NO2. The Labute approximate surface area is 102 Å². The van der Waals surface area contributed by atoms with Crippen LogP contribution in [-0.4, -0.2) is 20.1 Å². The van der Waals surface area contributed by atoms with Crippen LogP contribution in [0.3, 0.4) is 0 Å². The first-order chi connectivity index (χ1) is 8.22. The first-order valence-corrected chi connectivity index (χ1v) is 5.67. The second kappa shape index (κ2) is 6.74. The lowest BCUT2D eigenvalue weighted by Crippen LogP contribution is -2.20. The lowest BCUT2D eigenvalue weighted by molar-refractivity contribution is -0.120. The fraction of sp³-hybridized carbons (Fsp3) is 0.357. The van der Waals surface area contributed by atoms with Crippen molar-refractivity contribution in [3.8, 4) is 5.75 Å². The van der Waals surface area contributed by atoms with Gasteiger partial charge in [0.25, 0.3) is 0 Å². The van der Waals surface area contributed by atoms with E-state index in [4.69, 9.17) is 4.74 Å². The van der Waals surface area contributed by atoms with Crippen molar-refractivity contribution in [1.82, 2.24) is 5.32 Å². The molecule has 1 atom stereocenters. The maximum Gasteiger partial charge on any atom is 0.220 e. The Morgan fingerprint density at radius 2 is 2.24 bits per heavy atom. The first-order valence-electron chi connectivity index (χ1n) is 5.67. The lowest BCUT2D eigenvalue weighted by atomic mass is 9.91. The predicted octanol–water partition coefficient (Wildman–Crippen LogP) is 2.49. The number of nitrogens with one attached hydrogen (secondary N) is 1. The zero-order chi connectivity index (χ0) is 12.7. The Bertz CT molecular complexity index is 388. The summed E-state index contributed by atoms with van der Waals surface area (Å²) in [4.78, 5) is 11.5. The molecule has 1 rings (SSSR count). The van der Waals surface area contributed by atoms with Crippen LogP contribution in [0.5, 0.6) is 5.75 Å². The van der Waals surface area contributed by atoms with Crippen molar-refractivity contribution in [1.29, 1.82) is 0 Å². The zero-order valence-corrected chi connectivity index (χ0v) is 10.4. The minimum Gasteiger partial charge on any atom is -0.496 e. The number of benzene rings is 1. The molecule has 0 bridgehead atoms. The van der Waals surface area contributed by atoms with Crippen LogP contribution in [-0.2, 0) is 4.79 Å². The molecule has 0 aliphatic heterocycles. The molecule has 1 amide bonds. The molecule has 0 radical (unpaired) electrons. The van der Waals surface area contributed by atoms with E-state index in [1.165, 1.54) is 0 Å². The second-order valence-electron chi connectivity index (χ2n) is 3.84. The number of allylic oxidation sites excluding steroid dienone is 1. The SMILES string of the molecule is C=CC[C@H](CC(=O)NC)c1ccccc1OC. The van der Waals surface area contributed by atoms with Crippen LogP contribution in [0, 0.1) is 0 Å². The van der Waals surface area contributed by atoms with Crippen molar-refractivity contribution in [2.75, 3.05) is 14.2 Å². The van der Waals surface area contributed by atoms with Gasteiger partial charge in [-0.1, -0.05) is 24.3 Å². The van der Waals surface area contributed by atoms with Crippen LogP contribution in [0.25, 0.3) is 0 Å². The smallest absolute Gasteiger partial charge is 0.220 e. The van der Waals surface area contributed by atoms with Crippen LogP contribution in [0.15, 0.2) is 36.9 Å². The molecule has 3 nitrogen and oxygen atoms in total. The summed E-state index contributed by atoms with van der Waals surface area (Å²) in [7, 11) is 3.29. The van der Waals surface area contributed by atoms with E-state index in [1.807, 2.05) is 30.3 Å². The number of methoxy groups -OCH3 is 1. The monoisotopic (exact) mass is 233 g/mol. The van der Waals surface area contributed by atoms with Crippen LogP contribution in [0.1, 0.15) is 24.3 Å². The van der Waals surface area contributed by atoms with Gasteiger partial charge in [-0.3, -0.25) is 4.79 Å². The quantitative estimate of drug-likeness (QED) is 0.767. The van der Waals surface area contributed by atoms with Crippen molar-refractivity contribution < 1.29 is 9.53 Å². The number of hydrogen-bond acceptors (Lipinski definition) is 2. The molecule has 0 aromatic heterocycles. The Hall–Kier alpha value is -1.77. The number of para-hydroxylation sites is 1. The fourth-order valence-corrected chi connectivity index (χ4v) is 1.85. The third-order valence-corrected chi connectivity index (χ3v) is 2.74. The molecule has 1 aromatic rings. The number of carbonyl (C=O) groups excluding carboxylic acids is 1. The van der Waals surface area contributed by atoms with E-state index in [0.717, 1.165) is 17.7 Å². The predicted molar refractivity (Wildman–Crippen MR) is 69.2 cm³/mol. The largest absolute Gasteiger partial charge is 0.496 e. The van der Waals surface area contributed by atoms with Crippen molar-refractivity contribution in [3.63, 3.8) is 0 Å². The van der Waals surface area contributed by atoms with E-state index in [-0.39, 0.29) is 11.8 Å². The van der Waals surface area contributed by atoms with Gasteiger partial charge in [-0.05, 0) is 24.0 Å². The molecule has 1 N–H and O–H groups in total. The Balaban J connectivity index is 2.95. The van der Waals surface area contributed by atoms with Crippen molar-refractivity contribution in [2.24, 2.45) is 0 Å². The summed E-state index contributed by atoms with van der Waals surface area (Å²) in [5.74, 6) is 0.967. The topological polar surface area (TPSA) is 38.3 Å². The summed E-state index contributed by atoms with van der Waals surface area (Å²) in [6.07, 6.45) is 3.04. The normalized spacial score (nSPS) is 11.6. The summed E-state index contributed by atoms with van der Waals surface area (Å²) in [6, 6.07) is 7.79. The van der Waals surface area contributed by atoms with Gasteiger partial charge >= 0.3 is 0 Å². The molecule has 92 valence electrons. The summed E-state index contributed by atoms with van der Waals surface area (Å²) in [5.41, 5.74) is 1.05. The molecule has 17 heavy (non-hydrogen) atoms. The van der Waals surface area contributed by atoms with Gasteiger partial charge in [-0.2, -0.15) is 0 Å². The lowest BCUT2D eigenvalue weighted by Gasteiger charge is -2.17. The van der Waals surface area contributed by atoms with E-state index in [9.17, 15) is 4.79 Å². The second-order valence-corrected chi connectivity index (χ2v) is 3.84. The van der Waals surface area contributed by atoms with Gasteiger partial charge in [0.2, 0.25) is 5.91 Å². The van der Waals surface area contributed by atoms with Crippen LogP contribution in [0.2, 0.25) is 0 Å². The van der Waals surface area contributed by atoms with Gasteiger partial charge in [0, 0.05) is 13.5 Å². The standard InChI is InChI=1S/C14H19NO2/c1-4-7-11(10-14(16)15-2)12-8-5-6-9-13(12)17-3/h4-6,8-9,11H,1,7,10H2,2-3H3,(H,15,16)/t11-/m1/s1. The van der Waals surface area contributed by atoms with E-state index >= 15 is 0 Å². The van der Waals surface area contributed by atoms with Crippen molar-refractivity contribution >= 4 is 5.91 Å². The molecule has 0 saturated heterocycles. The zero-order valence-electron chi connectivity index (χ0n) is 10.4. The highest BCUT2D eigenvalue weighted by atomic mass is 16.5. The highest BCUT2D eigenvalue weighted by Crippen LogP contribution is 2.31. The average Bonchev–Trinajstić information content (AvgIpc) is 2.38. The van der Waals surface area contributed by atoms with Gasteiger partial charge < -0.3 is 10.1 Å². The van der Waals surface area contributed by atoms with Crippen LogP contribution >= 0.6 is 0 Å². The molecule has 0 heterocycles. The molecule has 0 spiro atoms. The third kappa shape index (κ3) is 3.63. The highest BCUT2D eigenvalue weighted by Gasteiger charge is 2.17. The minimum absolute atomic E-state index is 0.0303. The van der Waals surface area contributed by atoms with Crippen molar-refractivity contribution in [3.05, 3.63) is 42.5 Å². The Morgan fingerprint density at radius 3 is 2.82 bits per heavy atom. The molecular weight excluding hydrogens is 214 g/mol. The van der Waals surface area contributed by atoms with Gasteiger partial charge in [-0.25, -0.2) is 0 Å². The third-order valence-electron chi connectivity index (χ3n) is 2.74. The summed E-state index contributed by atoms with van der Waals surface area (Å²) >= 11 is 0. The molecule has 0 fully saturated rings. The highest BCUT2D eigenvalue weighted by molar-refractivity contribution is 5.76. The van der Waals surface area contributed by atoms with E-state index in [0.29, 0.717) is 6.42 Å². The Morgan fingerprint density at radius 1 is 1.53 bits per heavy atom. The van der Waals surface area contributed by atoms with Crippen LogP contribution in [0.4, 0.5) is 0 Å². The summed E-state index contributed by atoms with van der Waals surface area (Å²) < 4.78 is 5.32. The van der Waals surface area contributed by atoms with E-state index in [1.54, 1.807) is 14.2 Å². The van der Waals surface area contributed by atoms with E-state index in [2.05, 4.69) is 11.9 Å². The molecule has 3 heteroatoms. The number of ether oxygens (including phenoxy) is 1. The van der Waals surface area contributed by atoms with Crippen molar-refractivity contribution in [2.45, 2.75) is 18.8 Å². The minimum atomic E-state index is 0.0303. The van der Waals surface area contributed by atoms with Crippen LogP contribution < -0.4 is 10.1 Å². The molecule has 1 aromatic carbocycles. The van der Waals surface area contributed by atoms with Gasteiger partial charge in [0.15, 0.2) is 0 Å². The van der Waals surface area contributed by atoms with E-state index < -0.39 is 0 Å². The Kier molecular flexibility index (Phi) is 5.27. The molecule has 0 unspecified atom stereocenters. The number of amides is 1. The number of carbonyl (C=O) groups is 1. The maximum absolute atomic E-state index is 11.5. The van der Waals surface area contributed by atoms with Gasteiger partial charge in [0.05, 0.1) is 7.11 Å². The first kappa shape index (κ1) is 13.3. The molecule has 0 aliphatic rings.